The zero-order valence-electron chi connectivity index (χ0n) is 7.59. The number of hydrogen-bond acceptors (Lipinski definition) is 3. The molecule has 0 fully saturated rings. The number of pyridine rings is 1. The largest absolute Gasteiger partial charge is 0.466 e. The van der Waals surface area contributed by atoms with Crippen LogP contribution in [0.4, 0.5) is 0 Å². The van der Waals surface area contributed by atoms with E-state index in [0.29, 0.717) is 22.2 Å². The average Bonchev–Trinajstić information content (AvgIpc) is 2.12. The normalized spacial score (nSPS) is 9.93. The Balaban J connectivity index is 2.80. The summed E-state index contributed by atoms with van der Waals surface area (Å²) < 4.78 is 4.78. The molecular formula is C9H9Cl2NO2. The van der Waals surface area contributed by atoms with Crippen molar-refractivity contribution in [3.8, 4) is 0 Å². The molecule has 76 valence electrons. The first kappa shape index (κ1) is 11.3. The lowest BCUT2D eigenvalue weighted by Gasteiger charge is -2.05. The third-order valence-electron chi connectivity index (χ3n) is 1.58. The number of nitrogens with zero attached hydrogens (tertiary/aromatic N) is 1. The maximum Gasteiger partial charge on any atom is 0.310 e. The number of carbonyl (C=O) groups excluding carboxylic acids is 1. The summed E-state index contributed by atoms with van der Waals surface area (Å²) in [5.41, 5.74) is 0.557. The summed E-state index contributed by atoms with van der Waals surface area (Å²) in [5.74, 6) is -0.345. The molecule has 1 heterocycles. The Bertz CT molecular complexity index is 321. The van der Waals surface area contributed by atoms with Crippen LogP contribution in [0.5, 0.6) is 0 Å². The van der Waals surface area contributed by atoms with Gasteiger partial charge in [-0.25, -0.2) is 0 Å². The second kappa shape index (κ2) is 5.17. The van der Waals surface area contributed by atoms with E-state index >= 15 is 0 Å². The molecule has 0 atom stereocenters. The van der Waals surface area contributed by atoms with Gasteiger partial charge in [-0.05, 0) is 6.92 Å². The van der Waals surface area contributed by atoms with E-state index in [0.717, 1.165) is 0 Å². The molecule has 0 unspecified atom stereocenters. The summed E-state index contributed by atoms with van der Waals surface area (Å²) in [6.45, 7) is 2.09. The van der Waals surface area contributed by atoms with Crippen LogP contribution >= 0.6 is 23.2 Å². The van der Waals surface area contributed by atoms with Crippen LogP contribution in [0.1, 0.15) is 12.5 Å². The van der Waals surface area contributed by atoms with Crippen molar-refractivity contribution >= 4 is 29.2 Å². The molecule has 0 saturated heterocycles. The third-order valence-corrected chi connectivity index (χ3v) is 2.23. The molecule has 5 heteroatoms. The number of aromatic nitrogens is 1. The summed E-state index contributed by atoms with van der Waals surface area (Å²) in [6.07, 6.45) is 2.97. The zero-order chi connectivity index (χ0) is 10.6. The van der Waals surface area contributed by atoms with Gasteiger partial charge in [0.15, 0.2) is 0 Å². The fourth-order valence-corrected chi connectivity index (χ4v) is 1.46. The molecule has 0 N–H and O–H groups in total. The van der Waals surface area contributed by atoms with E-state index in [1.165, 1.54) is 12.4 Å². The van der Waals surface area contributed by atoms with E-state index < -0.39 is 0 Å². The predicted octanol–water partition coefficient (Wildman–Crippen LogP) is 2.49. The number of hydrogen-bond donors (Lipinski definition) is 0. The van der Waals surface area contributed by atoms with Crippen molar-refractivity contribution in [3.63, 3.8) is 0 Å². The van der Waals surface area contributed by atoms with Gasteiger partial charge in [-0.15, -0.1) is 0 Å². The molecule has 0 spiro atoms. The van der Waals surface area contributed by atoms with E-state index in [1.807, 2.05) is 0 Å². The van der Waals surface area contributed by atoms with Gasteiger partial charge >= 0.3 is 5.97 Å². The quantitative estimate of drug-likeness (QED) is 0.754. The van der Waals surface area contributed by atoms with Gasteiger partial charge in [-0.1, -0.05) is 23.2 Å². The van der Waals surface area contributed by atoms with Crippen LogP contribution in [0.15, 0.2) is 12.4 Å². The molecule has 1 aromatic heterocycles. The van der Waals surface area contributed by atoms with Gasteiger partial charge in [0.1, 0.15) is 0 Å². The maximum absolute atomic E-state index is 11.2. The molecule has 0 aliphatic rings. The van der Waals surface area contributed by atoms with Crippen LogP contribution < -0.4 is 0 Å². The van der Waals surface area contributed by atoms with Gasteiger partial charge in [0.2, 0.25) is 0 Å². The van der Waals surface area contributed by atoms with Crippen LogP contribution in [-0.2, 0) is 16.0 Å². The van der Waals surface area contributed by atoms with Gasteiger partial charge in [-0.3, -0.25) is 9.78 Å². The highest BCUT2D eigenvalue weighted by molar-refractivity contribution is 6.36. The molecule has 1 aromatic rings. The smallest absolute Gasteiger partial charge is 0.310 e. The highest BCUT2D eigenvalue weighted by Gasteiger charge is 2.11. The number of halogens is 2. The molecule has 1 rings (SSSR count). The second-order valence-electron chi connectivity index (χ2n) is 2.56. The minimum absolute atomic E-state index is 0.0774. The summed E-state index contributed by atoms with van der Waals surface area (Å²) >= 11 is 11.6. The Morgan fingerprint density at radius 3 is 2.50 bits per heavy atom. The first-order valence-corrected chi connectivity index (χ1v) is 4.84. The van der Waals surface area contributed by atoms with Crippen LogP contribution in [0.3, 0.4) is 0 Å². The van der Waals surface area contributed by atoms with Gasteiger partial charge in [0.25, 0.3) is 0 Å². The third kappa shape index (κ3) is 2.86. The van der Waals surface area contributed by atoms with Crippen molar-refractivity contribution in [1.29, 1.82) is 0 Å². The number of rotatable bonds is 3. The lowest BCUT2D eigenvalue weighted by atomic mass is 10.2. The fraction of sp³-hybridized carbons (Fsp3) is 0.333. The van der Waals surface area contributed by atoms with Gasteiger partial charge in [-0.2, -0.15) is 0 Å². The summed E-state index contributed by atoms with van der Waals surface area (Å²) in [5, 5.41) is 0.760. The zero-order valence-corrected chi connectivity index (χ0v) is 9.10. The van der Waals surface area contributed by atoms with Gasteiger partial charge in [0.05, 0.1) is 23.1 Å². The van der Waals surface area contributed by atoms with Crippen LogP contribution in [0, 0.1) is 0 Å². The van der Waals surface area contributed by atoms with Crippen LogP contribution in [0.2, 0.25) is 10.0 Å². The molecule has 0 aliphatic carbocycles. The Morgan fingerprint density at radius 1 is 1.43 bits per heavy atom. The highest BCUT2D eigenvalue weighted by atomic mass is 35.5. The van der Waals surface area contributed by atoms with Crippen molar-refractivity contribution in [1.82, 2.24) is 4.98 Å². The Morgan fingerprint density at radius 2 is 2.00 bits per heavy atom. The first-order chi connectivity index (χ1) is 6.65. The standard InChI is InChI=1S/C9H9Cl2NO2/c1-2-14-9(13)3-6-7(10)4-12-5-8(6)11/h4-5H,2-3H2,1H3. The minimum atomic E-state index is -0.345. The first-order valence-electron chi connectivity index (χ1n) is 4.08. The molecule has 0 bridgehead atoms. The average molecular weight is 234 g/mol. The maximum atomic E-state index is 11.2. The monoisotopic (exact) mass is 233 g/mol. The predicted molar refractivity (Wildman–Crippen MR) is 54.6 cm³/mol. The number of ether oxygens (including phenoxy) is 1. The van der Waals surface area contributed by atoms with Crippen molar-refractivity contribution < 1.29 is 9.53 Å². The van der Waals surface area contributed by atoms with Gasteiger partial charge < -0.3 is 4.74 Å². The molecule has 3 nitrogen and oxygen atoms in total. The Hall–Kier alpha value is -0.800. The van der Waals surface area contributed by atoms with E-state index in [2.05, 4.69) is 4.98 Å². The van der Waals surface area contributed by atoms with Crippen LogP contribution in [-0.4, -0.2) is 17.6 Å². The Kier molecular flexibility index (Phi) is 4.17. The van der Waals surface area contributed by atoms with E-state index in [9.17, 15) is 4.79 Å². The van der Waals surface area contributed by atoms with Crippen molar-refractivity contribution in [2.75, 3.05) is 6.61 Å². The summed E-state index contributed by atoms with van der Waals surface area (Å²) in [6, 6.07) is 0. The second-order valence-corrected chi connectivity index (χ2v) is 3.38. The topological polar surface area (TPSA) is 39.2 Å². The molecule has 14 heavy (non-hydrogen) atoms. The molecule has 0 aliphatic heterocycles. The van der Waals surface area contributed by atoms with Crippen molar-refractivity contribution in [2.45, 2.75) is 13.3 Å². The molecule has 0 saturated carbocycles. The van der Waals surface area contributed by atoms with Crippen molar-refractivity contribution in [2.24, 2.45) is 0 Å². The van der Waals surface area contributed by atoms with E-state index in [-0.39, 0.29) is 12.4 Å². The number of esters is 1. The summed E-state index contributed by atoms with van der Waals surface area (Å²) in [4.78, 5) is 14.9. The molecular weight excluding hydrogens is 225 g/mol. The fourth-order valence-electron chi connectivity index (χ4n) is 0.963. The van der Waals surface area contributed by atoms with Crippen LogP contribution in [0.25, 0.3) is 0 Å². The minimum Gasteiger partial charge on any atom is -0.466 e. The lowest BCUT2D eigenvalue weighted by Crippen LogP contribution is -2.08. The SMILES string of the molecule is CCOC(=O)Cc1c(Cl)cncc1Cl. The molecule has 0 aromatic carbocycles. The Labute approximate surface area is 92.0 Å². The van der Waals surface area contributed by atoms with Gasteiger partial charge in [0, 0.05) is 18.0 Å². The summed E-state index contributed by atoms with van der Waals surface area (Å²) in [7, 11) is 0. The number of carbonyl (C=O) groups is 1. The van der Waals surface area contributed by atoms with Crippen molar-refractivity contribution in [3.05, 3.63) is 28.0 Å². The molecule has 0 radical (unpaired) electrons. The highest BCUT2D eigenvalue weighted by Crippen LogP contribution is 2.23. The lowest BCUT2D eigenvalue weighted by molar-refractivity contribution is -0.142. The van der Waals surface area contributed by atoms with E-state index in [4.69, 9.17) is 27.9 Å². The molecule has 0 amide bonds. The van der Waals surface area contributed by atoms with E-state index in [1.54, 1.807) is 6.92 Å².